The van der Waals surface area contributed by atoms with Gasteiger partial charge in [0.15, 0.2) is 0 Å². The molecule has 2 aromatic carbocycles. The van der Waals surface area contributed by atoms with Crippen LogP contribution in [-0.2, 0) is 9.63 Å². The summed E-state index contributed by atoms with van der Waals surface area (Å²) >= 11 is 6.21. The summed E-state index contributed by atoms with van der Waals surface area (Å²) < 4.78 is 5.76. The zero-order valence-corrected chi connectivity index (χ0v) is 19.6. The molecule has 0 spiro atoms. The largest absolute Gasteiger partial charge is 0.493 e. The summed E-state index contributed by atoms with van der Waals surface area (Å²) in [5.41, 5.74) is 1.52. The highest BCUT2D eigenvalue weighted by atomic mass is 35.5. The van der Waals surface area contributed by atoms with Gasteiger partial charge in [0.05, 0.1) is 24.3 Å². The lowest BCUT2D eigenvalue weighted by molar-refractivity contribution is -0.120. The van der Waals surface area contributed by atoms with Gasteiger partial charge in [-0.1, -0.05) is 48.7 Å². The normalized spacial score (nSPS) is 15.9. The number of amides is 3. The Kier molecular flexibility index (Phi) is 7.98. The predicted molar refractivity (Wildman–Crippen MR) is 129 cm³/mol. The maximum Gasteiger partial charge on any atom is 0.285 e. The van der Waals surface area contributed by atoms with Crippen molar-refractivity contribution in [3.05, 3.63) is 70.3 Å². The maximum atomic E-state index is 12.3. The third-order valence-corrected chi connectivity index (χ3v) is 5.98. The van der Waals surface area contributed by atoms with E-state index in [1.165, 1.54) is 12.8 Å². The van der Waals surface area contributed by atoms with E-state index < -0.39 is 11.8 Å². The maximum absolute atomic E-state index is 12.3. The van der Waals surface area contributed by atoms with Crippen molar-refractivity contribution < 1.29 is 24.0 Å². The molecule has 1 N–H and O–H groups in total. The highest BCUT2D eigenvalue weighted by Crippen LogP contribution is 2.24. The molecule has 4 rings (SSSR count). The van der Waals surface area contributed by atoms with Gasteiger partial charge in [-0.2, -0.15) is 0 Å². The number of imide groups is 1. The summed E-state index contributed by atoms with van der Waals surface area (Å²) in [6, 6.07) is 12.3. The Morgan fingerprint density at radius 3 is 2.47 bits per heavy atom. The number of nitrogens with one attached hydrogen (secondary N) is 1. The topological polar surface area (TPSA) is 84.9 Å². The fourth-order valence-electron chi connectivity index (χ4n) is 4.11. The molecule has 8 heteroatoms. The van der Waals surface area contributed by atoms with Crippen molar-refractivity contribution in [2.24, 2.45) is 0 Å². The van der Waals surface area contributed by atoms with E-state index >= 15 is 0 Å². The number of hydrogen-bond acceptors (Lipinski definition) is 5. The Balaban J connectivity index is 1.20. The van der Waals surface area contributed by atoms with E-state index in [-0.39, 0.29) is 12.5 Å². The van der Waals surface area contributed by atoms with Crippen molar-refractivity contribution in [1.82, 2.24) is 10.4 Å². The van der Waals surface area contributed by atoms with Crippen LogP contribution in [0, 0.1) is 0 Å². The zero-order valence-electron chi connectivity index (χ0n) is 18.8. The number of carbonyl (C=O) groups is 3. The van der Waals surface area contributed by atoms with E-state index in [1.54, 1.807) is 36.4 Å². The molecule has 0 atom stereocenters. The summed E-state index contributed by atoms with van der Waals surface area (Å²) in [4.78, 5) is 42.0. The molecule has 2 aromatic rings. The van der Waals surface area contributed by atoms with Gasteiger partial charge < -0.3 is 10.1 Å². The van der Waals surface area contributed by atoms with Crippen LogP contribution >= 0.6 is 11.6 Å². The van der Waals surface area contributed by atoms with Gasteiger partial charge in [-0.05, 0) is 48.7 Å². The number of hydroxylamine groups is 2. The van der Waals surface area contributed by atoms with Crippen molar-refractivity contribution in [2.75, 3.05) is 13.2 Å². The molecule has 0 saturated heterocycles. The minimum Gasteiger partial charge on any atom is -0.493 e. The fourth-order valence-corrected chi connectivity index (χ4v) is 4.35. The second kappa shape index (κ2) is 11.3. The second-order valence-corrected chi connectivity index (χ2v) is 8.80. The Morgan fingerprint density at radius 2 is 1.76 bits per heavy atom. The van der Waals surface area contributed by atoms with Crippen LogP contribution in [0.4, 0.5) is 0 Å². The van der Waals surface area contributed by atoms with Gasteiger partial charge in [0, 0.05) is 23.9 Å². The number of fused-ring (bicyclic) bond motifs is 1. The molecular weight excluding hydrogens is 456 g/mol. The Labute approximate surface area is 203 Å². The summed E-state index contributed by atoms with van der Waals surface area (Å²) in [5, 5.41) is 4.38. The molecule has 1 heterocycles. The number of ether oxygens (including phenoxy) is 1. The Morgan fingerprint density at radius 1 is 1.06 bits per heavy atom. The SMILES string of the molecule is O=C(CC=Cc1cc(Cl)cc(OCCCON2C(=O)c3ccccc3C2=O)c1)NC1CCCC1. The Bertz CT molecular complexity index is 1060. The smallest absolute Gasteiger partial charge is 0.285 e. The molecule has 1 fully saturated rings. The molecule has 0 aromatic heterocycles. The molecule has 0 unspecified atom stereocenters. The van der Waals surface area contributed by atoms with Gasteiger partial charge in [-0.15, -0.1) is 5.06 Å². The number of benzene rings is 2. The summed E-state index contributed by atoms with van der Waals surface area (Å²) in [6.07, 6.45) is 8.93. The van der Waals surface area contributed by atoms with Gasteiger partial charge >= 0.3 is 0 Å². The van der Waals surface area contributed by atoms with Crippen molar-refractivity contribution in [3.63, 3.8) is 0 Å². The van der Waals surface area contributed by atoms with Crippen molar-refractivity contribution in [3.8, 4) is 5.75 Å². The highest BCUT2D eigenvalue weighted by molar-refractivity contribution is 6.30. The average molecular weight is 483 g/mol. The van der Waals surface area contributed by atoms with E-state index in [9.17, 15) is 14.4 Å². The number of nitrogens with zero attached hydrogens (tertiary/aromatic N) is 1. The van der Waals surface area contributed by atoms with E-state index in [0.717, 1.165) is 23.5 Å². The van der Waals surface area contributed by atoms with Gasteiger partial charge in [0.25, 0.3) is 11.8 Å². The van der Waals surface area contributed by atoms with Gasteiger partial charge in [0.1, 0.15) is 5.75 Å². The molecule has 3 amide bonds. The molecule has 2 aliphatic rings. The van der Waals surface area contributed by atoms with Crippen LogP contribution in [0.2, 0.25) is 5.02 Å². The average Bonchev–Trinajstić information content (AvgIpc) is 3.41. The van der Waals surface area contributed by atoms with Crippen molar-refractivity contribution in [2.45, 2.75) is 44.6 Å². The molecule has 178 valence electrons. The lowest BCUT2D eigenvalue weighted by Crippen LogP contribution is -2.31. The van der Waals surface area contributed by atoms with Gasteiger partial charge in [-0.25, -0.2) is 0 Å². The molecule has 34 heavy (non-hydrogen) atoms. The van der Waals surface area contributed by atoms with E-state index in [4.69, 9.17) is 21.2 Å². The van der Waals surface area contributed by atoms with Crippen LogP contribution in [-0.4, -0.2) is 42.0 Å². The Hall–Kier alpha value is -3.16. The monoisotopic (exact) mass is 482 g/mol. The lowest BCUT2D eigenvalue weighted by Gasteiger charge is -2.13. The lowest BCUT2D eigenvalue weighted by atomic mass is 10.1. The highest BCUT2D eigenvalue weighted by Gasteiger charge is 2.36. The van der Waals surface area contributed by atoms with Crippen LogP contribution < -0.4 is 10.1 Å². The molecular formula is C26H27ClN2O5. The first-order valence-electron chi connectivity index (χ1n) is 11.5. The van der Waals surface area contributed by atoms with E-state index in [1.807, 2.05) is 18.2 Å². The van der Waals surface area contributed by atoms with Crippen LogP contribution in [0.5, 0.6) is 5.75 Å². The first-order valence-corrected chi connectivity index (χ1v) is 11.9. The molecule has 0 radical (unpaired) electrons. The van der Waals surface area contributed by atoms with Crippen molar-refractivity contribution >= 4 is 35.4 Å². The standard InChI is InChI=1S/C26H27ClN2O5/c27-19-15-18(7-5-12-24(30)28-20-8-1-2-9-20)16-21(17-19)33-13-6-14-34-29-25(31)22-10-3-4-11-23(22)26(29)32/h3-5,7,10-11,15-17,20H,1-2,6,8-9,12-14H2,(H,28,30). The van der Waals surface area contributed by atoms with Crippen LogP contribution in [0.3, 0.4) is 0 Å². The predicted octanol–water partition coefficient (Wildman–Crippen LogP) is 4.80. The first kappa shape index (κ1) is 24.0. The minimum absolute atomic E-state index is 0.0275. The summed E-state index contributed by atoms with van der Waals surface area (Å²) in [7, 11) is 0. The minimum atomic E-state index is -0.454. The third-order valence-electron chi connectivity index (χ3n) is 5.76. The quantitative estimate of drug-likeness (QED) is 0.388. The zero-order chi connectivity index (χ0) is 23.9. The molecule has 1 saturated carbocycles. The third kappa shape index (κ3) is 6.04. The number of halogens is 1. The number of carbonyl (C=O) groups excluding carboxylic acids is 3. The molecule has 0 bridgehead atoms. The van der Waals surface area contributed by atoms with Crippen LogP contribution in [0.25, 0.3) is 6.08 Å². The van der Waals surface area contributed by atoms with E-state index in [0.29, 0.717) is 47.4 Å². The molecule has 1 aliphatic heterocycles. The summed E-state index contributed by atoms with van der Waals surface area (Å²) in [6.45, 7) is 0.464. The molecule has 1 aliphatic carbocycles. The van der Waals surface area contributed by atoms with Gasteiger partial charge in [0.2, 0.25) is 5.91 Å². The molecule has 7 nitrogen and oxygen atoms in total. The van der Waals surface area contributed by atoms with Crippen LogP contribution in [0.15, 0.2) is 48.5 Å². The fraction of sp³-hybridized carbons (Fsp3) is 0.346. The van der Waals surface area contributed by atoms with E-state index in [2.05, 4.69) is 5.32 Å². The number of rotatable bonds is 10. The second-order valence-electron chi connectivity index (χ2n) is 8.36. The van der Waals surface area contributed by atoms with Crippen LogP contribution in [0.1, 0.15) is 64.8 Å². The number of hydrogen-bond donors (Lipinski definition) is 1. The first-order chi connectivity index (χ1) is 16.5. The summed E-state index contributed by atoms with van der Waals surface area (Å²) in [5.74, 6) is -0.294. The van der Waals surface area contributed by atoms with Crippen molar-refractivity contribution in [1.29, 1.82) is 0 Å². The van der Waals surface area contributed by atoms with Gasteiger partial charge in [-0.3, -0.25) is 19.2 Å².